The van der Waals surface area contributed by atoms with Gasteiger partial charge in [0.1, 0.15) is 5.82 Å². The van der Waals surface area contributed by atoms with Crippen molar-refractivity contribution in [2.24, 2.45) is 0 Å². The maximum absolute atomic E-state index is 13.5. The van der Waals surface area contributed by atoms with Crippen molar-refractivity contribution in [2.75, 3.05) is 0 Å². The van der Waals surface area contributed by atoms with Crippen LogP contribution in [0.25, 0.3) is 0 Å². The second-order valence-electron chi connectivity index (χ2n) is 3.89. The first-order valence-electron chi connectivity index (χ1n) is 5.02. The third kappa shape index (κ3) is 2.05. The van der Waals surface area contributed by atoms with Crippen molar-refractivity contribution >= 4 is 15.9 Å². The summed E-state index contributed by atoms with van der Waals surface area (Å²) < 4.78 is 18.5. The van der Waals surface area contributed by atoms with E-state index < -0.39 is 0 Å². The summed E-state index contributed by atoms with van der Waals surface area (Å²) in [4.78, 5) is 0.0456. The van der Waals surface area contributed by atoms with Gasteiger partial charge in [-0.1, -0.05) is 28.1 Å². The van der Waals surface area contributed by atoms with Gasteiger partial charge in [-0.05, 0) is 36.6 Å². The van der Waals surface area contributed by atoms with E-state index >= 15 is 0 Å². The Morgan fingerprint density at radius 3 is 2.31 bits per heavy atom. The highest BCUT2D eigenvalue weighted by molar-refractivity contribution is 9.09. The molecule has 1 nitrogen and oxygen atoms in total. The van der Waals surface area contributed by atoms with Crippen LogP contribution in [0.3, 0.4) is 0 Å². The lowest BCUT2D eigenvalue weighted by Crippen LogP contribution is -1.96. The minimum Gasteiger partial charge on any atom is -0.472 e. The molecule has 0 aliphatic rings. The molecule has 0 saturated carbocycles. The summed E-state index contributed by atoms with van der Waals surface area (Å²) >= 11 is 3.58. The second-order valence-corrected chi connectivity index (χ2v) is 4.80. The van der Waals surface area contributed by atoms with E-state index in [0.717, 1.165) is 11.1 Å². The Morgan fingerprint density at radius 2 is 1.81 bits per heavy atom. The van der Waals surface area contributed by atoms with Crippen molar-refractivity contribution in [3.05, 3.63) is 58.8 Å². The predicted molar refractivity (Wildman–Crippen MR) is 65.4 cm³/mol. The standard InChI is InChI=1S/C13H12BrFO/c1-8-5-11(6-9(2)13(8)15)12(14)10-3-4-16-7-10/h3-7,12H,1-2H3. The molecule has 0 spiro atoms. The molecule has 16 heavy (non-hydrogen) atoms. The van der Waals surface area contributed by atoms with Gasteiger partial charge < -0.3 is 4.42 Å². The first-order chi connectivity index (χ1) is 7.59. The lowest BCUT2D eigenvalue weighted by atomic mass is 10.0. The van der Waals surface area contributed by atoms with Crippen LogP contribution in [-0.2, 0) is 0 Å². The van der Waals surface area contributed by atoms with Gasteiger partial charge in [0.15, 0.2) is 0 Å². The zero-order valence-corrected chi connectivity index (χ0v) is 10.7. The van der Waals surface area contributed by atoms with E-state index in [4.69, 9.17) is 4.42 Å². The summed E-state index contributed by atoms with van der Waals surface area (Å²) in [5, 5.41) is 0. The Balaban J connectivity index is 2.42. The van der Waals surface area contributed by atoms with E-state index in [1.54, 1.807) is 26.4 Å². The predicted octanol–water partition coefficient (Wildman–Crippen LogP) is 4.52. The number of furan rings is 1. The van der Waals surface area contributed by atoms with E-state index in [0.29, 0.717) is 11.1 Å². The highest BCUT2D eigenvalue weighted by Gasteiger charge is 2.14. The van der Waals surface area contributed by atoms with Crippen molar-refractivity contribution in [1.82, 2.24) is 0 Å². The van der Waals surface area contributed by atoms with E-state index in [2.05, 4.69) is 15.9 Å². The van der Waals surface area contributed by atoms with Crippen molar-refractivity contribution in [2.45, 2.75) is 18.7 Å². The molecule has 0 bridgehead atoms. The zero-order valence-electron chi connectivity index (χ0n) is 9.13. The fourth-order valence-electron chi connectivity index (χ4n) is 1.74. The van der Waals surface area contributed by atoms with Crippen LogP contribution in [0.2, 0.25) is 0 Å². The summed E-state index contributed by atoms with van der Waals surface area (Å²) in [5.74, 6) is -0.129. The maximum Gasteiger partial charge on any atom is 0.129 e. The number of hydrogen-bond acceptors (Lipinski definition) is 1. The molecule has 1 atom stereocenters. The van der Waals surface area contributed by atoms with Crippen LogP contribution in [0.15, 0.2) is 35.1 Å². The van der Waals surface area contributed by atoms with Gasteiger partial charge in [-0.2, -0.15) is 0 Å². The van der Waals surface area contributed by atoms with Gasteiger partial charge in [0.25, 0.3) is 0 Å². The molecule has 3 heteroatoms. The summed E-state index contributed by atoms with van der Waals surface area (Å²) in [6, 6.07) is 5.61. The van der Waals surface area contributed by atoms with E-state index in [-0.39, 0.29) is 10.6 Å². The topological polar surface area (TPSA) is 13.1 Å². The van der Waals surface area contributed by atoms with Gasteiger partial charge in [-0.15, -0.1) is 0 Å². The summed E-state index contributed by atoms with van der Waals surface area (Å²) in [7, 11) is 0. The molecule has 0 saturated heterocycles. The van der Waals surface area contributed by atoms with Gasteiger partial charge in [0, 0.05) is 5.56 Å². The van der Waals surface area contributed by atoms with Gasteiger partial charge in [-0.25, -0.2) is 4.39 Å². The van der Waals surface area contributed by atoms with Gasteiger partial charge >= 0.3 is 0 Å². The van der Waals surface area contributed by atoms with Crippen LogP contribution < -0.4 is 0 Å². The average molecular weight is 283 g/mol. The third-order valence-electron chi connectivity index (χ3n) is 2.59. The van der Waals surface area contributed by atoms with Crippen LogP contribution in [-0.4, -0.2) is 0 Å². The van der Waals surface area contributed by atoms with Gasteiger partial charge in [0.05, 0.1) is 17.4 Å². The molecule has 1 aromatic carbocycles. The number of halogens is 2. The third-order valence-corrected chi connectivity index (χ3v) is 3.64. The Labute approximate surface area is 102 Å². The zero-order chi connectivity index (χ0) is 11.7. The van der Waals surface area contributed by atoms with Crippen molar-refractivity contribution < 1.29 is 8.81 Å². The number of aryl methyl sites for hydroxylation is 2. The van der Waals surface area contributed by atoms with Crippen LogP contribution in [0.5, 0.6) is 0 Å². The lowest BCUT2D eigenvalue weighted by molar-refractivity contribution is 0.564. The van der Waals surface area contributed by atoms with E-state index in [9.17, 15) is 4.39 Å². The van der Waals surface area contributed by atoms with Crippen LogP contribution in [0, 0.1) is 19.7 Å². The van der Waals surface area contributed by atoms with E-state index in [1.165, 1.54) is 0 Å². The lowest BCUT2D eigenvalue weighted by Gasteiger charge is -2.11. The van der Waals surface area contributed by atoms with Crippen LogP contribution >= 0.6 is 15.9 Å². The quantitative estimate of drug-likeness (QED) is 0.738. The largest absolute Gasteiger partial charge is 0.472 e. The monoisotopic (exact) mass is 282 g/mol. The molecule has 0 N–H and O–H groups in total. The highest BCUT2D eigenvalue weighted by Crippen LogP contribution is 2.32. The van der Waals surface area contributed by atoms with Gasteiger partial charge in [-0.3, -0.25) is 0 Å². The van der Waals surface area contributed by atoms with Crippen molar-refractivity contribution in [1.29, 1.82) is 0 Å². The minimum atomic E-state index is -0.129. The molecule has 1 unspecified atom stereocenters. The maximum atomic E-state index is 13.5. The molecule has 2 rings (SSSR count). The molecular formula is C13H12BrFO. The second kappa shape index (κ2) is 4.42. The highest BCUT2D eigenvalue weighted by atomic mass is 79.9. The van der Waals surface area contributed by atoms with Gasteiger partial charge in [0.2, 0.25) is 0 Å². The molecular weight excluding hydrogens is 271 g/mol. The van der Waals surface area contributed by atoms with Crippen LogP contribution in [0.4, 0.5) is 4.39 Å². The Bertz CT molecular complexity index is 468. The number of rotatable bonds is 2. The molecule has 0 amide bonds. The number of benzene rings is 1. The Kier molecular flexibility index (Phi) is 3.15. The summed E-state index contributed by atoms with van der Waals surface area (Å²) in [5.41, 5.74) is 3.41. The Morgan fingerprint density at radius 1 is 1.19 bits per heavy atom. The fourth-order valence-corrected chi connectivity index (χ4v) is 2.26. The number of alkyl halides is 1. The van der Waals surface area contributed by atoms with Crippen molar-refractivity contribution in [3.8, 4) is 0 Å². The first kappa shape index (κ1) is 11.4. The molecule has 84 valence electrons. The fraction of sp³-hybridized carbons (Fsp3) is 0.231. The average Bonchev–Trinajstić information content (AvgIpc) is 2.77. The summed E-state index contributed by atoms with van der Waals surface area (Å²) in [6.07, 6.45) is 3.32. The summed E-state index contributed by atoms with van der Waals surface area (Å²) in [6.45, 7) is 3.56. The normalized spacial score (nSPS) is 12.8. The SMILES string of the molecule is Cc1cc(C(Br)c2ccoc2)cc(C)c1F. The molecule has 0 aliphatic heterocycles. The smallest absolute Gasteiger partial charge is 0.129 e. The van der Waals surface area contributed by atoms with Crippen molar-refractivity contribution in [3.63, 3.8) is 0 Å². The molecule has 0 radical (unpaired) electrons. The molecule has 2 aromatic rings. The first-order valence-corrected chi connectivity index (χ1v) is 5.94. The molecule has 1 aromatic heterocycles. The minimum absolute atomic E-state index is 0.0456. The van der Waals surface area contributed by atoms with E-state index in [1.807, 2.05) is 18.2 Å². The number of hydrogen-bond donors (Lipinski definition) is 0. The Hall–Kier alpha value is -1.09. The van der Waals surface area contributed by atoms with Crippen LogP contribution in [0.1, 0.15) is 27.1 Å². The molecule has 0 fully saturated rings. The molecule has 1 heterocycles. The molecule has 0 aliphatic carbocycles.